The van der Waals surface area contributed by atoms with Gasteiger partial charge in [-0.3, -0.25) is 0 Å². The minimum atomic E-state index is 1.17. The minimum absolute atomic E-state index is 1.17. The van der Waals surface area contributed by atoms with Gasteiger partial charge in [-0.1, -0.05) is 19.8 Å². The van der Waals surface area contributed by atoms with Crippen LogP contribution in [0.5, 0.6) is 0 Å². The SMILES string of the molecule is CCCCCCn1cc[n+](C)c1.N#CN.N#CN. The Morgan fingerprint density at radius 3 is 2.11 bits per heavy atom. The number of aryl methyl sites for hydroxylation is 2. The Kier molecular flexibility index (Phi) is 14.9. The molecule has 0 saturated heterocycles. The van der Waals surface area contributed by atoms with E-state index < -0.39 is 0 Å². The second-order valence-corrected chi connectivity index (χ2v) is 3.64. The van der Waals surface area contributed by atoms with Gasteiger partial charge < -0.3 is 11.5 Å². The van der Waals surface area contributed by atoms with Gasteiger partial charge in [0, 0.05) is 0 Å². The summed E-state index contributed by atoms with van der Waals surface area (Å²) >= 11 is 0. The van der Waals surface area contributed by atoms with Gasteiger partial charge in [-0.05, 0) is 12.8 Å². The molecule has 0 bridgehead atoms. The molecule has 0 atom stereocenters. The highest BCUT2D eigenvalue weighted by molar-refractivity contribution is 4.65. The Bertz CT molecular complexity index is 345. The van der Waals surface area contributed by atoms with Crippen molar-refractivity contribution in [3.63, 3.8) is 0 Å². The highest BCUT2D eigenvalue weighted by Crippen LogP contribution is 2.00. The summed E-state index contributed by atoms with van der Waals surface area (Å²) in [7, 11) is 2.06. The Labute approximate surface area is 109 Å². The molecule has 18 heavy (non-hydrogen) atoms. The van der Waals surface area contributed by atoms with Crippen LogP contribution in [0.4, 0.5) is 0 Å². The van der Waals surface area contributed by atoms with Crippen LogP contribution in [-0.2, 0) is 13.6 Å². The molecule has 0 aliphatic rings. The predicted octanol–water partition coefficient (Wildman–Crippen LogP) is 0.745. The van der Waals surface area contributed by atoms with Gasteiger partial charge in [-0.2, -0.15) is 10.5 Å². The summed E-state index contributed by atoms with van der Waals surface area (Å²) in [6, 6.07) is 0. The van der Waals surface area contributed by atoms with Gasteiger partial charge in [0.25, 0.3) is 0 Å². The molecule has 1 rings (SSSR count). The molecule has 1 aromatic rings. The molecular weight excluding hydrogens is 228 g/mol. The van der Waals surface area contributed by atoms with Gasteiger partial charge >= 0.3 is 0 Å². The summed E-state index contributed by atoms with van der Waals surface area (Å²) < 4.78 is 4.33. The third-order valence-electron chi connectivity index (χ3n) is 2.09. The monoisotopic (exact) mass is 251 g/mol. The summed E-state index contributed by atoms with van der Waals surface area (Å²) in [5.41, 5.74) is 8.31. The molecule has 1 heterocycles. The van der Waals surface area contributed by atoms with Crippen molar-refractivity contribution in [2.24, 2.45) is 18.5 Å². The predicted molar refractivity (Wildman–Crippen MR) is 69.4 cm³/mol. The Morgan fingerprint density at radius 2 is 1.72 bits per heavy atom. The fourth-order valence-electron chi connectivity index (χ4n) is 1.36. The van der Waals surface area contributed by atoms with E-state index in [4.69, 9.17) is 10.5 Å². The molecule has 0 saturated carbocycles. The first-order valence-electron chi connectivity index (χ1n) is 5.86. The summed E-state index contributed by atoms with van der Waals surface area (Å²) in [6.07, 6.45) is 14.2. The van der Waals surface area contributed by atoms with Crippen molar-refractivity contribution in [2.45, 2.75) is 39.2 Å². The number of nitrogens with zero attached hydrogens (tertiary/aromatic N) is 4. The van der Waals surface area contributed by atoms with Crippen molar-refractivity contribution in [3.05, 3.63) is 18.7 Å². The van der Waals surface area contributed by atoms with E-state index in [9.17, 15) is 0 Å². The molecule has 1 aromatic heterocycles. The minimum Gasteiger partial charge on any atom is -0.337 e. The summed E-state index contributed by atoms with van der Waals surface area (Å²) in [5, 5.41) is 14.2. The molecule has 100 valence electrons. The molecule has 0 aliphatic heterocycles. The van der Waals surface area contributed by atoms with E-state index in [1.54, 1.807) is 0 Å². The number of nitriles is 2. The standard InChI is InChI=1S/C10H19N2.2CH2N2/c1-3-4-5-6-7-12-9-8-11(2)10-12;2*2-1-3/h8-10H,3-7H2,1-2H3;2*2H2/q+1;;. The zero-order chi connectivity index (χ0) is 14.2. The number of aromatic nitrogens is 2. The second kappa shape index (κ2) is 14.8. The second-order valence-electron chi connectivity index (χ2n) is 3.64. The zero-order valence-corrected chi connectivity index (χ0v) is 11.2. The molecule has 0 aromatic carbocycles. The van der Waals surface area contributed by atoms with E-state index in [0.717, 1.165) is 0 Å². The molecule has 4 N–H and O–H groups in total. The van der Waals surface area contributed by atoms with Crippen LogP contribution in [0.1, 0.15) is 32.6 Å². The molecule has 0 fully saturated rings. The Morgan fingerprint density at radius 1 is 1.17 bits per heavy atom. The topological polar surface area (TPSA) is 108 Å². The number of unbranched alkanes of at least 4 members (excludes halogenated alkanes) is 3. The van der Waals surface area contributed by atoms with E-state index in [2.05, 4.69) is 53.3 Å². The lowest BCUT2D eigenvalue weighted by Crippen LogP contribution is -2.23. The molecule has 0 amide bonds. The van der Waals surface area contributed by atoms with Crippen molar-refractivity contribution in [2.75, 3.05) is 0 Å². The average Bonchev–Trinajstić information content (AvgIpc) is 2.73. The Hall–Kier alpha value is -2.21. The third-order valence-corrected chi connectivity index (χ3v) is 2.09. The number of rotatable bonds is 5. The molecule has 6 nitrogen and oxygen atoms in total. The van der Waals surface area contributed by atoms with Crippen LogP contribution < -0.4 is 16.0 Å². The van der Waals surface area contributed by atoms with Gasteiger partial charge in [0.05, 0.1) is 13.6 Å². The van der Waals surface area contributed by atoms with Gasteiger partial charge in [0.2, 0.25) is 6.33 Å². The first-order chi connectivity index (χ1) is 8.65. The summed E-state index contributed by atoms with van der Waals surface area (Å²) in [4.78, 5) is 0. The number of hydrogen-bond acceptors (Lipinski definition) is 4. The van der Waals surface area contributed by atoms with E-state index in [1.165, 1.54) is 44.6 Å². The van der Waals surface area contributed by atoms with Crippen molar-refractivity contribution in [3.8, 4) is 12.4 Å². The molecule has 6 heteroatoms. The number of hydrogen-bond donors (Lipinski definition) is 2. The van der Waals surface area contributed by atoms with E-state index in [0.29, 0.717) is 0 Å². The van der Waals surface area contributed by atoms with Gasteiger partial charge in [0.1, 0.15) is 12.4 Å². The number of imidazole rings is 1. The lowest BCUT2D eigenvalue weighted by atomic mass is 10.2. The van der Waals surface area contributed by atoms with Crippen LogP contribution in [0, 0.1) is 22.9 Å². The van der Waals surface area contributed by atoms with Crippen LogP contribution in [0.2, 0.25) is 0 Å². The maximum Gasteiger partial charge on any atom is 0.243 e. The van der Waals surface area contributed by atoms with Gasteiger partial charge in [0.15, 0.2) is 12.4 Å². The smallest absolute Gasteiger partial charge is 0.243 e. The van der Waals surface area contributed by atoms with Crippen LogP contribution in [0.15, 0.2) is 18.7 Å². The maximum atomic E-state index is 7.10. The molecule has 0 aliphatic carbocycles. The maximum absolute atomic E-state index is 7.10. The zero-order valence-electron chi connectivity index (χ0n) is 11.2. The van der Waals surface area contributed by atoms with Crippen molar-refractivity contribution < 1.29 is 4.57 Å². The quantitative estimate of drug-likeness (QED) is 0.348. The molecule has 0 radical (unpaired) electrons. The van der Waals surface area contributed by atoms with Crippen LogP contribution in [0.3, 0.4) is 0 Å². The highest BCUT2D eigenvalue weighted by Gasteiger charge is 1.97. The van der Waals surface area contributed by atoms with Gasteiger partial charge in [-0.25, -0.2) is 9.13 Å². The fourth-order valence-corrected chi connectivity index (χ4v) is 1.36. The van der Waals surface area contributed by atoms with Gasteiger partial charge in [-0.15, -0.1) is 0 Å². The first-order valence-corrected chi connectivity index (χ1v) is 5.86. The van der Waals surface area contributed by atoms with Crippen molar-refractivity contribution in [1.29, 1.82) is 10.5 Å². The number of nitrogens with two attached hydrogens (primary N) is 2. The molecule has 0 unspecified atom stereocenters. The van der Waals surface area contributed by atoms with Crippen LogP contribution >= 0.6 is 0 Å². The molecule has 0 spiro atoms. The van der Waals surface area contributed by atoms with Crippen molar-refractivity contribution >= 4 is 0 Å². The van der Waals surface area contributed by atoms with E-state index in [-0.39, 0.29) is 0 Å². The fraction of sp³-hybridized carbons (Fsp3) is 0.583. The highest BCUT2D eigenvalue weighted by atomic mass is 15.1. The van der Waals surface area contributed by atoms with E-state index in [1.807, 2.05) is 0 Å². The lowest BCUT2D eigenvalue weighted by molar-refractivity contribution is -0.671. The first kappa shape index (κ1) is 18.2. The Balaban J connectivity index is 0. The summed E-state index contributed by atoms with van der Waals surface area (Å²) in [5.74, 6) is 0. The average molecular weight is 251 g/mol. The lowest BCUT2D eigenvalue weighted by Gasteiger charge is -1.95. The van der Waals surface area contributed by atoms with Crippen molar-refractivity contribution in [1.82, 2.24) is 4.57 Å². The van der Waals surface area contributed by atoms with E-state index >= 15 is 0 Å². The third kappa shape index (κ3) is 13.8. The summed E-state index contributed by atoms with van der Waals surface area (Å²) in [6.45, 7) is 3.41. The largest absolute Gasteiger partial charge is 0.337 e. The normalized spacial score (nSPS) is 7.78. The van der Waals surface area contributed by atoms with Crippen LogP contribution in [-0.4, -0.2) is 4.57 Å². The van der Waals surface area contributed by atoms with Crippen LogP contribution in [0.25, 0.3) is 0 Å². The molecular formula is C12H23N6+.